The number of aryl methyl sites for hydroxylation is 1. The van der Waals surface area contributed by atoms with Gasteiger partial charge in [-0.05, 0) is 19.1 Å². The summed E-state index contributed by atoms with van der Waals surface area (Å²) >= 11 is 0. The molecule has 2 N–H and O–H groups in total. The molecule has 0 atom stereocenters. The molecule has 0 saturated carbocycles. The second-order valence-corrected chi connectivity index (χ2v) is 4.05. The lowest BCUT2D eigenvalue weighted by Gasteiger charge is -2.04. The van der Waals surface area contributed by atoms with Crippen molar-refractivity contribution in [3.63, 3.8) is 0 Å². The van der Waals surface area contributed by atoms with Crippen molar-refractivity contribution in [3.05, 3.63) is 42.2 Å². The van der Waals surface area contributed by atoms with Crippen LogP contribution in [-0.2, 0) is 6.54 Å². The first-order chi connectivity index (χ1) is 9.79. The van der Waals surface area contributed by atoms with E-state index in [1.54, 1.807) is 12.3 Å². The van der Waals surface area contributed by atoms with Gasteiger partial charge in [0.15, 0.2) is 11.6 Å². The van der Waals surface area contributed by atoms with E-state index in [0.29, 0.717) is 29.9 Å². The summed E-state index contributed by atoms with van der Waals surface area (Å²) in [5.41, 5.74) is 0. The normalized spacial score (nSPS) is 10.4. The van der Waals surface area contributed by atoms with Crippen LogP contribution in [0.3, 0.4) is 0 Å². The molecule has 0 aromatic carbocycles. The summed E-state index contributed by atoms with van der Waals surface area (Å²) in [6.07, 6.45) is 3.11. The lowest BCUT2D eigenvalue weighted by atomic mass is 10.4. The third-order valence-electron chi connectivity index (χ3n) is 2.44. The summed E-state index contributed by atoms with van der Waals surface area (Å²) in [5, 5.41) is 17.6. The SMILES string of the molecule is Cc1cc(Nc2cnnc(NCc3ccco3)n2)no1. The van der Waals surface area contributed by atoms with E-state index in [0.717, 1.165) is 5.76 Å². The van der Waals surface area contributed by atoms with Crippen molar-refractivity contribution in [1.82, 2.24) is 20.3 Å². The maximum Gasteiger partial charge on any atom is 0.245 e. The van der Waals surface area contributed by atoms with Crippen molar-refractivity contribution < 1.29 is 8.94 Å². The van der Waals surface area contributed by atoms with E-state index in [2.05, 4.69) is 31.0 Å². The van der Waals surface area contributed by atoms with Crippen molar-refractivity contribution in [2.45, 2.75) is 13.5 Å². The van der Waals surface area contributed by atoms with E-state index < -0.39 is 0 Å². The topological polar surface area (TPSA) is 102 Å². The van der Waals surface area contributed by atoms with Gasteiger partial charge < -0.3 is 19.6 Å². The Balaban J connectivity index is 1.66. The van der Waals surface area contributed by atoms with Gasteiger partial charge in [-0.2, -0.15) is 10.1 Å². The Morgan fingerprint density at radius 3 is 3.00 bits per heavy atom. The van der Waals surface area contributed by atoms with Crippen LogP contribution in [0.4, 0.5) is 17.6 Å². The monoisotopic (exact) mass is 272 g/mol. The predicted molar refractivity (Wildman–Crippen MR) is 70.4 cm³/mol. The fourth-order valence-corrected chi connectivity index (χ4v) is 1.57. The van der Waals surface area contributed by atoms with Gasteiger partial charge in [-0.3, -0.25) is 0 Å². The molecule has 0 bridgehead atoms. The Morgan fingerprint density at radius 1 is 1.30 bits per heavy atom. The zero-order chi connectivity index (χ0) is 13.8. The Hall–Kier alpha value is -2.90. The molecular formula is C12H12N6O2. The fraction of sp³-hybridized carbons (Fsp3) is 0.167. The average molecular weight is 272 g/mol. The van der Waals surface area contributed by atoms with Crippen LogP contribution in [0.15, 0.2) is 39.6 Å². The summed E-state index contributed by atoms with van der Waals surface area (Å²) in [5.74, 6) is 2.99. The van der Waals surface area contributed by atoms with E-state index >= 15 is 0 Å². The van der Waals surface area contributed by atoms with E-state index in [1.807, 2.05) is 19.1 Å². The molecule has 0 spiro atoms. The van der Waals surface area contributed by atoms with Crippen molar-refractivity contribution in [2.75, 3.05) is 10.6 Å². The van der Waals surface area contributed by atoms with Gasteiger partial charge in [-0.15, -0.1) is 5.10 Å². The number of nitrogens with one attached hydrogen (secondary N) is 2. The zero-order valence-electron chi connectivity index (χ0n) is 10.7. The molecule has 0 saturated heterocycles. The highest BCUT2D eigenvalue weighted by molar-refractivity contribution is 5.51. The molecular weight excluding hydrogens is 260 g/mol. The van der Waals surface area contributed by atoms with E-state index in [9.17, 15) is 0 Å². The van der Waals surface area contributed by atoms with Crippen LogP contribution in [0.2, 0.25) is 0 Å². The molecule has 3 aromatic heterocycles. The first-order valence-corrected chi connectivity index (χ1v) is 5.96. The first kappa shape index (κ1) is 12.2. The molecule has 0 aliphatic heterocycles. The average Bonchev–Trinajstić information content (AvgIpc) is 3.09. The quantitative estimate of drug-likeness (QED) is 0.728. The number of rotatable bonds is 5. The molecule has 3 rings (SSSR count). The molecule has 0 radical (unpaired) electrons. The number of furan rings is 1. The third-order valence-corrected chi connectivity index (χ3v) is 2.44. The van der Waals surface area contributed by atoms with Gasteiger partial charge in [0.25, 0.3) is 0 Å². The smallest absolute Gasteiger partial charge is 0.245 e. The second kappa shape index (κ2) is 5.39. The zero-order valence-corrected chi connectivity index (χ0v) is 10.7. The number of anilines is 3. The Bertz CT molecular complexity index is 679. The summed E-state index contributed by atoms with van der Waals surface area (Å²) in [4.78, 5) is 4.26. The number of nitrogens with zero attached hydrogens (tertiary/aromatic N) is 4. The standard InChI is InChI=1S/C12H12N6O2/c1-8-5-10(18-20-8)15-11-7-14-17-12(16-11)13-6-9-3-2-4-19-9/h2-5,7H,6H2,1H3,(H2,13,15,16,17,18). The van der Waals surface area contributed by atoms with Gasteiger partial charge in [-0.25, -0.2) is 0 Å². The minimum Gasteiger partial charge on any atom is -0.467 e. The predicted octanol–water partition coefficient (Wildman–Crippen LogP) is 2.12. The molecule has 0 fully saturated rings. The van der Waals surface area contributed by atoms with Crippen LogP contribution in [0.25, 0.3) is 0 Å². The van der Waals surface area contributed by atoms with Gasteiger partial charge >= 0.3 is 0 Å². The van der Waals surface area contributed by atoms with Crippen LogP contribution < -0.4 is 10.6 Å². The van der Waals surface area contributed by atoms with Crippen molar-refractivity contribution in [3.8, 4) is 0 Å². The lowest BCUT2D eigenvalue weighted by molar-refractivity contribution is 0.400. The van der Waals surface area contributed by atoms with Crippen LogP contribution in [-0.4, -0.2) is 20.3 Å². The summed E-state index contributed by atoms with van der Waals surface area (Å²) < 4.78 is 10.2. The van der Waals surface area contributed by atoms with Gasteiger partial charge in [0.2, 0.25) is 5.95 Å². The molecule has 3 aromatic rings. The highest BCUT2D eigenvalue weighted by Gasteiger charge is 2.04. The second-order valence-electron chi connectivity index (χ2n) is 4.05. The van der Waals surface area contributed by atoms with Crippen LogP contribution >= 0.6 is 0 Å². The van der Waals surface area contributed by atoms with Crippen LogP contribution in [0.5, 0.6) is 0 Å². The number of hydrogen-bond acceptors (Lipinski definition) is 8. The van der Waals surface area contributed by atoms with E-state index in [1.165, 1.54) is 6.20 Å². The van der Waals surface area contributed by atoms with E-state index in [-0.39, 0.29) is 0 Å². The number of hydrogen-bond donors (Lipinski definition) is 2. The molecule has 20 heavy (non-hydrogen) atoms. The molecule has 8 heteroatoms. The summed E-state index contributed by atoms with van der Waals surface area (Å²) in [6, 6.07) is 5.44. The molecule has 0 amide bonds. The Labute approximate surface area is 114 Å². The van der Waals surface area contributed by atoms with E-state index in [4.69, 9.17) is 8.94 Å². The fourth-order valence-electron chi connectivity index (χ4n) is 1.57. The minimum absolute atomic E-state index is 0.395. The van der Waals surface area contributed by atoms with Gasteiger partial charge in [0, 0.05) is 6.07 Å². The number of aromatic nitrogens is 4. The lowest BCUT2D eigenvalue weighted by Crippen LogP contribution is -2.05. The summed E-state index contributed by atoms with van der Waals surface area (Å²) in [7, 11) is 0. The largest absolute Gasteiger partial charge is 0.467 e. The Kier molecular flexibility index (Phi) is 3.27. The maximum atomic E-state index is 5.21. The van der Waals surface area contributed by atoms with Gasteiger partial charge in [0.1, 0.15) is 11.5 Å². The summed E-state index contributed by atoms with van der Waals surface area (Å²) in [6.45, 7) is 2.30. The van der Waals surface area contributed by atoms with Crippen molar-refractivity contribution >= 4 is 17.6 Å². The molecule has 8 nitrogen and oxygen atoms in total. The van der Waals surface area contributed by atoms with Crippen LogP contribution in [0, 0.1) is 6.92 Å². The minimum atomic E-state index is 0.395. The molecule has 0 unspecified atom stereocenters. The first-order valence-electron chi connectivity index (χ1n) is 5.96. The highest BCUT2D eigenvalue weighted by Crippen LogP contribution is 2.14. The van der Waals surface area contributed by atoms with Crippen LogP contribution in [0.1, 0.15) is 11.5 Å². The van der Waals surface area contributed by atoms with Gasteiger partial charge in [0.05, 0.1) is 19.0 Å². The maximum absolute atomic E-state index is 5.21. The van der Waals surface area contributed by atoms with Gasteiger partial charge in [-0.1, -0.05) is 5.16 Å². The molecule has 3 heterocycles. The third kappa shape index (κ3) is 2.91. The molecule has 102 valence electrons. The molecule has 0 aliphatic carbocycles. The van der Waals surface area contributed by atoms with Crippen molar-refractivity contribution in [1.29, 1.82) is 0 Å². The highest BCUT2D eigenvalue weighted by atomic mass is 16.5. The Morgan fingerprint density at radius 2 is 2.25 bits per heavy atom. The molecule has 0 aliphatic rings. The van der Waals surface area contributed by atoms with Crippen molar-refractivity contribution in [2.24, 2.45) is 0 Å².